The molecule has 3 rings (SSSR count). The lowest BCUT2D eigenvalue weighted by Gasteiger charge is -2.17. The van der Waals surface area contributed by atoms with Gasteiger partial charge in [0.1, 0.15) is 28.4 Å². The van der Waals surface area contributed by atoms with Crippen molar-refractivity contribution in [1.29, 1.82) is 0 Å². The van der Waals surface area contributed by atoms with Gasteiger partial charge in [-0.25, -0.2) is 13.2 Å². The van der Waals surface area contributed by atoms with E-state index in [1.165, 1.54) is 4.52 Å². The first kappa shape index (κ1) is 22.2. The van der Waals surface area contributed by atoms with Crippen LogP contribution in [-0.4, -0.2) is 26.1 Å². The maximum absolute atomic E-state index is 14.4. The van der Waals surface area contributed by atoms with Crippen molar-refractivity contribution in [1.82, 2.24) is 19.6 Å². The first-order valence-corrected chi connectivity index (χ1v) is 9.58. The fourth-order valence-corrected chi connectivity index (χ4v) is 2.84. The fourth-order valence-electron chi connectivity index (χ4n) is 2.43. The van der Waals surface area contributed by atoms with Crippen LogP contribution in [0.1, 0.15) is 34.1 Å². The minimum atomic E-state index is -1.11. The Morgan fingerprint density at radius 1 is 1.07 bits per heavy atom. The molecule has 10 heteroatoms. The molecule has 0 aliphatic heterocycles. The Bertz CT molecular complexity index is 954. The standard InChI is InChI=1S/C16H14Cl2F3N5.C2H6/c1-3-7(2)6-22-14-12(11-9(20)4-8(19)5-10(11)21)13(17)23-16-24-15(18)25-26(14)16;1-2/h4-5,7,22H,3,6H2,1-2H3;1-2H3. The number of nitrogens with zero attached hydrogens (tertiary/aromatic N) is 4. The van der Waals surface area contributed by atoms with E-state index >= 15 is 0 Å². The van der Waals surface area contributed by atoms with Crippen LogP contribution >= 0.6 is 23.2 Å². The summed E-state index contributed by atoms with van der Waals surface area (Å²) in [4.78, 5) is 7.90. The number of halogens is 5. The second kappa shape index (κ2) is 9.43. The molecule has 0 spiro atoms. The van der Waals surface area contributed by atoms with Crippen LogP contribution in [0.15, 0.2) is 12.1 Å². The summed E-state index contributed by atoms with van der Waals surface area (Å²) in [5, 5.41) is 6.76. The average molecular weight is 434 g/mol. The van der Waals surface area contributed by atoms with Gasteiger partial charge in [-0.2, -0.15) is 14.5 Å². The number of benzene rings is 1. The highest BCUT2D eigenvalue weighted by Crippen LogP contribution is 2.38. The van der Waals surface area contributed by atoms with E-state index in [-0.39, 0.29) is 33.5 Å². The number of nitrogens with one attached hydrogen (secondary N) is 1. The molecule has 1 aromatic carbocycles. The lowest BCUT2D eigenvalue weighted by Crippen LogP contribution is -2.15. The van der Waals surface area contributed by atoms with E-state index in [4.69, 9.17) is 23.2 Å². The maximum atomic E-state index is 14.4. The van der Waals surface area contributed by atoms with Gasteiger partial charge in [0, 0.05) is 18.7 Å². The lowest BCUT2D eigenvalue weighted by molar-refractivity contribution is 0.547. The molecule has 5 nitrogen and oxygen atoms in total. The SMILES string of the molecule is CC.CCC(C)CNc1c(-c2c(F)cc(F)cc2F)c(Cl)nc2nc(Cl)nn12. The van der Waals surface area contributed by atoms with Crippen LogP contribution in [0, 0.1) is 23.4 Å². The molecular formula is C18H20Cl2F3N5. The van der Waals surface area contributed by atoms with Crippen LogP contribution in [0.25, 0.3) is 16.9 Å². The van der Waals surface area contributed by atoms with Gasteiger partial charge in [-0.05, 0) is 17.5 Å². The molecule has 2 heterocycles. The highest BCUT2D eigenvalue weighted by Gasteiger charge is 2.24. The van der Waals surface area contributed by atoms with Crippen LogP contribution in [0.2, 0.25) is 10.4 Å². The Morgan fingerprint density at radius 2 is 1.68 bits per heavy atom. The maximum Gasteiger partial charge on any atom is 0.256 e. The first-order chi connectivity index (χ1) is 13.3. The normalized spacial score (nSPS) is 11.9. The molecule has 0 bridgehead atoms. The minimum absolute atomic E-state index is 0.0679. The van der Waals surface area contributed by atoms with Crippen molar-refractivity contribution >= 4 is 34.8 Å². The van der Waals surface area contributed by atoms with Gasteiger partial charge in [-0.1, -0.05) is 45.7 Å². The van der Waals surface area contributed by atoms with E-state index in [1.807, 2.05) is 27.7 Å². The summed E-state index contributed by atoms with van der Waals surface area (Å²) < 4.78 is 43.2. The van der Waals surface area contributed by atoms with Gasteiger partial charge in [0.2, 0.25) is 5.28 Å². The predicted octanol–water partition coefficient (Wildman–Crippen LogP) is 6.00. The number of hydrogen-bond donors (Lipinski definition) is 1. The molecule has 152 valence electrons. The van der Waals surface area contributed by atoms with Crippen LogP contribution in [0.4, 0.5) is 19.0 Å². The molecule has 1 atom stereocenters. The van der Waals surface area contributed by atoms with Crippen molar-refractivity contribution in [3.8, 4) is 11.1 Å². The van der Waals surface area contributed by atoms with Crippen molar-refractivity contribution in [3.05, 3.63) is 40.0 Å². The summed E-state index contributed by atoms with van der Waals surface area (Å²) in [5.41, 5.74) is -0.594. The predicted molar refractivity (Wildman–Crippen MR) is 105 cm³/mol. The number of aromatic nitrogens is 4. The Labute approximate surface area is 170 Å². The smallest absolute Gasteiger partial charge is 0.256 e. The zero-order valence-electron chi connectivity index (χ0n) is 15.8. The molecule has 0 fully saturated rings. The number of rotatable bonds is 5. The summed E-state index contributed by atoms with van der Waals surface area (Å²) in [6, 6.07) is 1.15. The molecule has 0 aliphatic rings. The van der Waals surface area contributed by atoms with E-state index in [0.717, 1.165) is 6.42 Å². The number of fused-ring (bicyclic) bond motifs is 1. The summed E-state index contributed by atoms with van der Waals surface area (Å²) in [7, 11) is 0. The van der Waals surface area contributed by atoms with Crippen molar-refractivity contribution in [2.24, 2.45) is 5.92 Å². The largest absolute Gasteiger partial charge is 0.369 e. The molecule has 0 aliphatic carbocycles. The van der Waals surface area contributed by atoms with Gasteiger partial charge >= 0.3 is 0 Å². The summed E-state index contributed by atoms with van der Waals surface area (Å²) in [6.45, 7) is 8.48. The Hall–Kier alpha value is -2.06. The van der Waals surface area contributed by atoms with Gasteiger partial charge in [0.05, 0.1) is 11.1 Å². The molecule has 3 aromatic rings. The topological polar surface area (TPSA) is 55.1 Å². The van der Waals surface area contributed by atoms with E-state index in [9.17, 15) is 13.2 Å². The molecule has 0 radical (unpaired) electrons. The third-order valence-corrected chi connectivity index (χ3v) is 4.42. The third kappa shape index (κ3) is 4.50. The zero-order valence-corrected chi connectivity index (χ0v) is 17.3. The van der Waals surface area contributed by atoms with Gasteiger partial charge in [0.15, 0.2) is 0 Å². The highest BCUT2D eigenvalue weighted by molar-refractivity contribution is 6.33. The fraction of sp³-hybridized carbons (Fsp3) is 0.389. The summed E-state index contributed by atoms with van der Waals surface area (Å²) in [6.07, 6.45) is 0.877. The zero-order chi connectivity index (χ0) is 21.0. The molecule has 2 aromatic heterocycles. The first-order valence-electron chi connectivity index (χ1n) is 8.82. The Balaban J connectivity index is 0.00000136. The van der Waals surface area contributed by atoms with Crippen LogP contribution in [-0.2, 0) is 0 Å². The van der Waals surface area contributed by atoms with Crippen molar-refractivity contribution in [2.45, 2.75) is 34.1 Å². The second-order valence-corrected chi connectivity index (χ2v) is 6.55. The summed E-state index contributed by atoms with van der Waals surface area (Å²) in [5.74, 6) is -2.76. The van der Waals surface area contributed by atoms with Crippen LogP contribution in [0.3, 0.4) is 0 Å². The Morgan fingerprint density at radius 3 is 2.25 bits per heavy atom. The van der Waals surface area contributed by atoms with Crippen LogP contribution in [0.5, 0.6) is 0 Å². The summed E-state index contributed by atoms with van der Waals surface area (Å²) >= 11 is 12.0. The minimum Gasteiger partial charge on any atom is -0.369 e. The van der Waals surface area contributed by atoms with E-state index < -0.39 is 23.0 Å². The monoisotopic (exact) mass is 433 g/mol. The van der Waals surface area contributed by atoms with E-state index in [0.29, 0.717) is 18.7 Å². The van der Waals surface area contributed by atoms with E-state index in [2.05, 4.69) is 20.4 Å². The van der Waals surface area contributed by atoms with Gasteiger partial charge in [-0.15, -0.1) is 5.10 Å². The number of hydrogen-bond acceptors (Lipinski definition) is 4. The highest BCUT2D eigenvalue weighted by atomic mass is 35.5. The van der Waals surface area contributed by atoms with Crippen molar-refractivity contribution in [3.63, 3.8) is 0 Å². The molecule has 0 saturated heterocycles. The average Bonchev–Trinajstić information content (AvgIpc) is 3.01. The molecule has 1 unspecified atom stereocenters. The van der Waals surface area contributed by atoms with Crippen LogP contribution < -0.4 is 5.32 Å². The lowest BCUT2D eigenvalue weighted by atomic mass is 10.1. The molecular weight excluding hydrogens is 414 g/mol. The van der Waals surface area contributed by atoms with E-state index in [1.54, 1.807) is 0 Å². The second-order valence-electron chi connectivity index (χ2n) is 5.86. The molecule has 28 heavy (non-hydrogen) atoms. The molecule has 0 saturated carbocycles. The molecule has 0 amide bonds. The van der Waals surface area contributed by atoms with Gasteiger partial charge in [-0.3, -0.25) is 0 Å². The quantitative estimate of drug-likeness (QED) is 0.501. The van der Waals surface area contributed by atoms with Crippen molar-refractivity contribution in [2.75, 3.05) is 11.9 Å². The Kier molecular flexibility index (Phi) is 7.48. The van der Waals surface area contributed by atoms with Gasteiger partial charge in [0.25, 0.3) is 5.78 Å². The van der Waals surface area contributed by atoms with Crippen molar-refractivity contribution < 1.29 is 13.2 Å². The third-order valence-electron chi connectivity index (χ3n) is 3.99. The molecule has 1 N–H and O–H groups in total. The number of anilines is 1. The van der Waals surface area contributed by atoms with Gasteiger partial charge < -0.3 is 5.32 Å².